The van der Waals surface area contributed by atoms with Crippen LogP contribution in [0.3, 0.4) is 0 Å². The second kappa shape index (κ2) is 7.01. The van der Waals surface area contributed by atoms with E-state index in [0.717, 1.165) is 18.7 Å². The van der Waals surface area contributed by atoms with Crippen molar-refractivity contribution in [3.8, 4) is 0 Å². The van der Waals surface area contributed by atoms with E-state index in [0.29, 0.717) is 12.3 Å². The van der Waals surface area contributed by atoms with Gasteiger partial charge in [0.1, 0.15) is 6.10 Å². The van der Waals surface area contributed by atoms with Gasteiger partial charge in [-0.25, -0.2) is 13.2 Å². The molecule has 9 heteroatoms. The molecule has 0 saturated carbocycles. The second-order valence-electron chi connectivity index (χ2n) is 6.23. The summed E-state index contributed by atoms with van der Waals surface area (Å²) in [5.74, 6) is -1.46. The summed E-state index contributed by atoms with van der Waals surface area (Å²) in [4.78, 5) is 24.9. The Balaban J connectivity index is 2.15. The highest BCUT2D eigenvalue weighted by Crippen LogP contribution is 2.30. The van der Waals surface area contributed by atoms with E-state index in [9.17, 15) is 23.1 Å². The Kier molecular flexibility index (Phi) is 5.38. The van der Waals surface area contributed by atoms with Crippen LogP contribution in [0.4, 0.5) is 10.5 Å². The van der Waals surface area contributed by atoms with Crippen LogP contribution in [-0.2, 0) is 30.7 Å². The van der Waals surface area contributed by atoms with Crippen molar-refractivity contribution >= 4 is 27.6 Å². The smallest absolute Gasteiger partial charge is 0.414 e. The minimum atomic E-state index is -3.89. The minimum Gasteiger partial charge on any atom is -0.480 e. The molecule has 1 amide bonds. The Bertz CT molecular complexity index is 759. The number of aliphatic carboxylic acids is 1. The summed E-state index contributed by atoms with van der Waals surface area (Å²) in [6, 6.07) is 7.06. The number of ether oxygens (including phenoxy) is 2. The van der Waals surface area contributed by atoms with E-state index >= 15 is 0 Å². The molecule has 1 N–H and O–H groups in total. The molecule has 1 aromatic rings. The van der Waals surface area contributed by atoms with Gasteiger partial charge in [-0.1, -0.05) is 12.1 Å². The largest absolute Gasteiger partial charge is 0.480 e. The number of cyclic esters (lactones) is 1. The molecule has 0 bridgehead atoms. The van der Waals surface area contributed by atoms with Gasteiger partial charge in [-0.3, -0.25) is 9.69 Å². The van der Waals surface area contributed by atoms with Gasteiger partial charge in [-0.15, -0.1) is 0 Å². The molecule has 0 aliphatic carbocycles. The third kappa shape index (κ3) is 3.93. The molecule has 0 aromatic heterocycles. The fraction of sp³-hybridized carbons (Fsp3) is 0.500. The molecule has 1 fully saturated rings. The van der Waals surface area contributed by atoms with E-state index in [4.69, 9.17) is 9.47 Å². The highest BCUT2D eigenvalue weighted by molar-refractivity contribution is 7.92. The van der Waals surface area contributed by atoms with Crippen LogP contribution in [0.15, 0.2) is 24.3 Å². The van der Waals surface area contributed by atoms with Crippen LogP contribution in [0.1, 0.15) is 18.9 Å². The second-order valence-corrected chi connectivity index (χ2v) is 8.67. The van der Waals surface area contributed by atoms with Crippen LogP contribution in [0.2, 0.25) is 0 Å². The highest BCUT2D eigenvalue weighted by Gasteiger charge is 2.48. The zero-order valence-electron chi connectivity index (χ0n) is 14.3. The van der Waals surface area contributed by atoms with Gasteiger partial charge in [-0.05, 0) is 24.6 Å². The fourth-order valence-electron chi connectivity index (χ4n) is 2.61. The Hall–Kier alpha value is -2.13. The number of benzene rings is 1. The van der Waals surface area contributed by atoms with Crippen molar-refractivity contribution < 1.29 is 32.6 Å². The predicted octanol–water partition coefficient (Wildman–Crippen LogP) is 1.44. The van der Waals surface area contributed by atoms with Crippen molar-refractivity contribution in [3.63, 3.8) is 0 Å². The molecule has 1 heterocycles. The summed E-state index contributed by atoms with van der Waals surface area (Å²) in [7, 11) is -2.31. The van der Waals surface area contributed by atoms with Gasteiger partial charge in [0.25, 0.3) is 0 Å². The maximum atomic E-state index is 12.1. The average molecular weight is 371 g/mol. The summed E-state index contributed by atoms with van der Waals surface area (Å²) in [5, 5.41) is 9.31. The van der Waals surface area contributed by atoms with E-state index in [2.05, 4.69) is 0 Å². The van der Waals surface area contributed by atoms with Gasteiger partial charge in [-0.2, -0.15) is 0 Å². The third-order valence-electron chi connectivity index (χ3n) is 4.32. The number of amides is 1. The molecule has 0 spiro atoms. The van der Waals surface area contributed by atoms with Crippen molar-refractivity contribution in [3.05, 3.63) is 29.8 Å². The zero-order valence-corrected chi connectivity index (χ0v) is 15.1. The first-order chi connectivity index (χ1) is 11.6. The summed E-state index contributed by atoms with van der Waals surface area (Å²) in [6.45, 7) is 1.65. The minimum absolute atomic E-state index is 0.0842. The normalized spacial score (nSPS) is 20.2. The van der Waals surface area contributed by atoms with Gasteiger partial charge in [0.2, 0.25) is 0 Å². The molecule has 1 aliphatic heterocycles. The molecule has 8 nitrogen and oxygen atoms in total. The number of carbonyl (C=O) groups excluding carboxylic acids is 1. The number of hydrogen-bond acceptors (Lipinski definition) is 6. The summed E-state index contributed by atoms with van der Waals surface area (Å²) in [5.41, 5.74) is 1.52. The monoisotopic (exact) mass is 371 g/mol. The number of rotatable bonds is 7. The average Bonchev–Trinajstić information content (AvgIpc) is 2.87. The lowest BCUT2D eigenvalue weighted by molar-refractivity contribution is -0.140. The van der Waals surface area contributed by atoms with Crippen LogP contribution in [0.5, 0.6) is 0 Å². The molecular formula is C16H21NO7S. The predicted molar refractivity (Wildman–Crippen MR) is 90.3 cm³/mol. The van der Waals surface area contributed by atoms with Crippen LogP contribution < -0.4 is 4.90 Å². The molecular weight excluding hydrogens is 350 g/mol. The fourth-order valence-corrected chi connectivity index (χ4v) is 3.42. The SMILES string of the molecule is COCc1ccc(N2CC(CC(C)(C(=O)O)S(C)(=O)=O)OC2=O)cc1. The molecule has 2 unspecified atom stereocenters. The van der Waals surface area contributed by atoms with Crippen LogP contribution >= 0.6 is 0 Å². The molecule has 1 saturated heterocycles. The molecule has 138 valence electrons. The number of hydrogen-bond donors (Lipinski definition) is 1. The third-order valence-corrected chi connectivity index (χ3v) is 6.30. The first kappa shape index (κ1) is 19.2. The number of nitrogens with zero attached hydrogens (tertiary/aromatic N) is 1. The number of carboxylic acids is 1. The van der Waals surface area contributed by atoms with Crippen molar-refractivity contribution in [2.24, 2.45) is 0 Å². The van der Waals surface area contributed by atoms with Crippen LogP contribution in [0.25, 0.3) is 0 Å². The first-order valence-corrected chi connectivity index (χ1v) is 9.46. The van der Waals surface area contributed by atoms with Gasteiger partial charge in [0, 0.05) is 25.5 Å². The lowest BCUT2D eigenvalue weighted by Gasteiger charge is -2.24. The summed E-state index contributed by atoms with van der Waals surface area (Å²) >= 11 is 0. The van der Waals surface area contributed by atoms with Crippen LogP contribution in [-0.4, -0.2) is 56.3 Å². The number of carboxylic acid groups (broad SMARTS) is 1. The Morgan fingerprint density at radius 3 is 2.48 bits per heavy atom. The zero-order chi connectivity index (χ0) is 18.8. The van der Waals surface area contributed by atoms with E-state index in [1.807, 2.05) is 0 Å². The number of sulfone groups is 1. The Morgan fingerprint density at radius 1 is 1.40 bits per heavy atom. The lowest BCUT2D eigenvalue weighted by Crippen LogP contribution is -2.46. The van der Waals surface area contributed by atoms with E-state index in [1.54, 1.807) is 31.4 Å². The number of anilines is 1. The van der Waals surface area contributed by atoms with Crippen molar-refractivity contribution in [1.29, 1.82) is 0 Å². The standard InChI is InChI=1S/C16H21NO7S/c1-16(14(18)19,25(3,21)22)8-13-9-17(15(20)24-13)12-6-4-11(5-7-12)10-23-2/h4-7,13H,8-10H2,1-3H3,(H,18,19). The van der Waals surface area contributed by atoms with Crippen molar-refractivity contribution in [1.82, 2.24) is 0 Å². The topological polar surface area (TPSA) is 110 Å². The lowest BCUT2D eigenvalue weighted by atomic mass is 10.0. The molecule has 2 rings (SSSR count). The van der Waals surface area contributed by atoms with Gasteiger partial charge >= 0.3 is 12.1 Å². The molecule has 1 aliphatic rings. The van der Waals surface area contributed by atoms with E-state index < -0.39 is 32.8 Å². The quantitative estimate of drug-likeness (QED) is 0.772. The summed E-state index contributed by atoms with van der Waals surface area (Å²) < 4.78 is 31.9. The van der Waals surface area contributed by atoms with Crippen molar-refractivity contribution in [2.75, 3.05) is 24.8 Å². The van der Waals surface area contributed by atoms with Crippen LogP contribution in [0, 0.1) is 0 Å². The van der Waals surface area contributed by atoms with Gasteiger partial charge in [0.05, 0.1) is 13.2 Å². The Labute approximate surface area is 146 Å². The first-order valence-electron chi connectivity index (χ1n) is 7.57. The maximum absolute atomic E-state index is 12.1. The Morgan fingerprint density at radius 2 is 2.00 bits per heavy atom. The number of methoxy groups -OCH3 is 1. The van der Waals surface area contributed by atoms with Crippen molar-refractivity contribution in [2.45, 2.75) is 30.8 Å². The van der Waals surface area contributed by atoms with Gasteiger partial charge < -0.3 is 14.6 Å². The van der Waals surface area contributed by atoms with E-state index in [1.165, 1.54) is 4.90 Å². The molecule has 0 radical (unpaired) electrons. The number of carbonyl (C=O) groups is 2. The molecule has 25 heavy (non-hydrogen) atoms. The maximum Gasteiger partial charge on any atom is 0.414 e. The van der Waals surface area contributed by atoms with Gasteiger partial charge in [0.15, 0.2) is 14.6 Å². The van der Waals surface area contributed by atoms with E-state index in [-0.39, 0.29) is 13.0 Å². The molecule has 1 aromatic carbocycles. The summed E-state index contributed by atoms with van der Waals surface area (Å²) in [6.07, 6.45) is -0.914. The highest BCUT2D eigenvalue weighted by atomic mass is 32.2. The molecule has 2 atom stereocenters.